The van der Waals surface area contributed by atoms with Crippen molar-refractivity contribution in [2.75, 3.05) is 18.9 Å². The van der Waals surface area contributed by atoms with Crippen molar-refractivity contribution in [2.45, 2.75) is 49.4 Å². The van der Waals surface area contributed by atoms with Gasteiger partial charge in [0.15, 0.2) is 35.4 Å². The molecule has 9 atom stereocenters. The zero-order valence-corrected chi connectivity index (χ0v) is 24.7. The monoisotopic (exact) mass is 676 g/mol. The molecule has 7 heterocycles. The fourth-order valence-corrected chi connectivity index (χ4v) is 7.85. The van der Waals surface area contributed by atoms with Crippen LogP contribution in [-0.4, -0.2) is 87.8 Å². The second-order valence-corrected chi connectivity index (χ2v) is 14.4. The van der Waals surface area contributed by atoms with Gasteiger partial charge < -0.3 is 34.8 Å². The first-order valence-corrected chi connectivity index (χ1v) is 17.1. The van der Waals surface area contributed by atoms with E-state index in [2.05, 4.69) is 37.2 Å². The average molecular weight is 676 g/mol. The number of halogens is 1. The van der Waals surface area contributed by atoms with Crippen molar-refractivity contribution in [3.05, 3.63) is 41.3 Å². The first-order valence-electron chi connectivity index (χ1n) is 12.9. The number of phosphoric acid groups is 1. The maximum atomic E-state index is 14.7. The minimum atomic E-state index is -4.92. The van der Waals surface area contributed by atoms with Crippen LogP contribution in [0.15, 0.2) is 30.0 Å². The van der Waals surface area contributed by atoms with E-state index in [1.165, 1.54) is 17.2 Å². The van der Waals surface area contributed by atoms with Crippen molar-refractivity contribution in [2.24, 2.45) is 0 Å². The number of fused-ring (bicyclic) bond motifs is 5. The number of H-pyrrole nitrogens is 1. The van der Waals surface area contributed by atoms with E-state index in [-0.39, 0.29) is 34.4 Å². The number of aliphatic hydroxyl groups is 1. The number of ether oxygens (including phenoxy) is 2. The van der Waals surface area contributed by atoms with Gasteiger partial charge in [0.25, 0.3) is 5.56 Å². The van der Waals surface area contributed by atoms with E-state index in [0.29, 0.717) is 0 Å². The molecule has 3 aliphatic heterocycles. The molecular weight excluding hydrogens is 653 g/mol. The summed E-state index contributed by atoms with van der Waals surface area (Å²) in [6.45, 7) is -5.40. The van der Waals surface area contributed by atoms with E-state index in [0.717, 1.165) is 17.1 Å². The van der Waals surface area contributed by atoms with Gasteiger partial charge in [0, 0.05) is 12.6 Å². The Bertz CT molecular complexity index is 1910. The zero-order chi connectivity index (χ0) is 31.0. The summed E-state index contributed by atoms with van der Waals surface area (Å²) in [6, 6.07) is 0. The molecule has 19 nitrogen and oxygen atoms in total. The number of thiol groups is 1. The minimum Gasteiger partial charge on any atom is -0.386 e. The number of hydrogen-bond donors (Lipinski definition) is 5. The lowest BCUT2D eigenvalue weighted by Crippen LogP contribution is -2.36. The molecule has 3 saturated heterocycles. The topological polar surface area (TPSA) is 250 Å². The van der Waals surface area contributed by atoms with E-state index in [1.54, 1.807) is 0 Å². The highest BCUT2D eigenvalue weighted by Gasteiger charge is 2.51. The number of hydrogen-bond acceptors (Lipinski definition) is 15. The van der Waals surface area contributed by atoms with Crippen LogP contribution in [0.1, 0.15) is 18.9 Å². The summed E-state index contributed by atoms with van der Waals surface area (Å²) in [5, 5.41) is 10.8. The summed E-state index contributed by atoms with van der Waals surface area (Å²) < 4.78 is 77.2. The van der Waals surface area contributed by atoms with Gasteiger partial charge in [-0.3, -0.25) is 27.5 Å². The smallest absolute Gasteiger partial charge is 0.386 e. The number of imidazole rings is 1. The number of nitrogens with two attached hydrogens (primary N) is 1. The highest BCUT2D eigenvalue weighted by Crippen LogP contribution is 2.58. The third-order valence-corrected chi connectivity index (χ3v) is 9.93. The van der Waals surface area contributed by atoms with Crippen LogP contribution in [0.25, 0.3) is 22.2 Å². The second-order valence-electron chi connectivity index (χ2n) is 10.1. The molecule has 0 amide bonds. The molecule has 0 aromatic carbocycles. The number of aliphatic hydroxyl groups excluding tert-OH is 1. The van der Waals surface area contributed by atoms with Crippen LogP contribution in [-0.2, 0) is 36.7 Å². The molecule has 0 saturated carbocycles. The molecule has 0 radical (unpaired) electrons. The van der Waals surface area contributed by atoms with Crippen molar-refractivity contribution in [1.29, 1.82) is 0 Å². The molecule has 3 fully saturated rings. The van der Waals surface area contributed by atoms with Gasteiger partial charge >= 0.3 is 14.6 Å². The maximum Gasteiger partial charge on any atom is 0.472 e. The van der Waals surface area contributed by atoms with Gasteiger partial charge in [-0.15, -0.1) is 0 Å². The molecule has 236 valence electrons. The van der Waals surface area contributed by atoms with Gasteiger partial charge in [-0.25, -0.2) is 33.5 Å². The molecule has 7 rings (SSSR count). The standard InChI is InChI=1S/C21H23FN8O11P2S/c22-9-2-29(17-12(9)19(32)27-6-25-17)20-10-1-8(38-20)3-37-43(35,44)41-15-11(4-36-42(33,34)40-10)39-21(14(15)31)30-7-28-13-16(23)24-5-26-18(13)30/h2,5-8,10-11,14-15,20-21,31H,1,3-4H2,(H,33,34)(H,35,44)(H2,23,24,26)(H,25,27,32)/t8-,10+,11+,14+,15+,20+,21+,43?/m0/s1. The number of nitrogens with zero attached hydrogens (tertiary/aromatic N) is 6. The van der Waals surface area contributed by atoms with Gasteiger partial charge in [0.2, 0.25) is 0 Å². The lowest BCUT2D eigenvalue weighted by molar-refractivity contribution is -0.0636. The van der Waals surface area contributed by atoms with Gasteiger partial charge in [0.05, 0.1) is 32.0 Å². The summed E-state index contributed by atoms with van der Waals surface area (Å²) in [7, 11) is -4.92. The Morgan fingerprint density at radius 2 is 1.86 bits per heavy atom. The molecule has 4 aromatic heterocycles. The van der Waals surface area contributed by atoms with Crippen LogP contribution >= 0.6 is 26.9 Å². The lowest BCUT2D eigenvalue weighted by Gasteiger charge is -2.26. The van der Waals surface area contributed by atoms with Gasteiger partial charge in [-0.05, 0) is 0 Å². The summed E-state index contributed by atoms with van der Waals surface area (Å²) >= 11 is 4.04. The molecule has 0 spiro atoms. The number of rotatable bonds is 2. The first-order chi connectivity index (χ1) is 20.9. The summed E-state index contributed by atoms with van der Waals surface area (Å²) in [4.78, 5) is 41.3. The first kappa shape index (κ1) is 29.9. The third kappa shape index (κ3) is 5.27. The zero-order valence-electron chi connectivity index (χ0n) is 22.0. The molecule has 44 heavy (non-hydrogen) atoms. The second kappa shape index (κ2) is 10.9. The van der Waals surface area contributed by atoms with E-state index < -0.39 is 82.2 Å². The Morgan fingerprint density at radius 1 is 1.05 bits per heavy atom. The number of nitrogens with one attached hydrogen (secondary N) is 1. The van der Waals surface area contributed by atoms with Gasteiger partial charge in [-0.2, -0.15) is 0 Å². The normalized spacial score (nSPS) is 36.6. The van der Waals surface area contributed by atoms with E-state index >= 15 is 0 Å². The fraction of sp³-hybridized carbons (Fsp3) is 0.476. The number of aromatic nitrogens is 7. The van der Waals surface area contributed by atoms with Crippen molar-refractivity contribution >= 4 is 54.9 Å². The molecule has 4 aromatic rings. The lowest BCUT2D eigenvalue weighted by atomic mass is 10.1. The Morgan fingerprint density at radius 3 is 2.68 bits per heavy atom. The molecule has 2 bridgehead atoms. The summed E-state index contributed by atoms with van der Waals surface area (Å²) in [6.07, 6.45) is -4.76. The number of anilines is 1. The third-order valence-electron chi connectivity index (χ3n) is 7.31. The number of phosphoric ester groups is 1. The molecule has 3 aliphatic rings. The summed E-state index contributed by atoms with van der Waals surface area (Å²) in [5.41, 5.74) is 5.40. The van der Waals surface area contributed by atoms with Crippen LogP contribution in [0.4, 0.5) is 10.2 Å². The highest BCUT2D eigenvalue weighted by molar-refractivity contribution is 8.44. The van der Waals surface area contributed by atoms with Crippen LogP contribution in [0.2, 0.25) is 0 Å². The molecule has 5 N–H and O–H groups in total. The average Bonchev–Trinajstić information content (AvgIpc) is 3.72. The Balaban J connectivity index is 1.19. The van der Waals surface area contributed by atoms with Crippen molar-refractivity contribution in [3.8, 4) is 0 Å². The highest BCUT2D eigenvalue weighted by atomic mass is 32.7. The van der Waals surface area contributed by atoms with Gasteiger partial charge in [-0.1, -0.05) is 12.2 Å². The van der Waals surface area contributed by atoms with E-state index in [9.17, 15) is 28.3 Å². The van der Waals surface area contributed by atoms with E-state index in [4.69, 9.17) is 33.3 Å². The predicted octanol–water partition coefficient (Wildman–Crippen LogP) is 0.787. The van der Waals surface area contributed by atoms with Crippen LogP contribution < -0.4 is 11.3 Å². The number of nitrogen functional groups attached to an aromatic ring is 1. The molecular formula is C21H23FN8O11P2S. The molecule has 0 aliphatic carbocycles. The summed E-state index contributed by atoms with van der Waals surface area (Å²) in [5.74, 6) is -0.844. The van der Waals surface area contributed by atoms with Crippen molar-refractivity contribution < 1.29 is 51.1 Å². The maximum absolute atomic E-state index is 14.7. The minimum absolute atomic E-state index is 0.0726. The van der Waals surface area contributed by atoms with Crippen molar-refractivity contribution in [1.82, 2.24) is 34.1 Å². The van der Waals surface area contributed by atoms with Gasteiger partial charge in [0.1, 0.15) is 41.6 Å². The Kier molecular flexibility index (Phi) is 7.41. The molecule has 2 unspecified atom stereocenters. The van der Waals surface area contributed by atoms with Crippen molar-refractivity contribution in [3.63, 3.8) is 0 Å². The van der Waals surface area contributed by atoms with E-state index in [1.807, 2.05) is 0 Å². The van der Waals surface area contributed by atoms with Crippen LogP contribution in [0, 0.1) is 5.82 Å². The quantitative estimate of drug-likeness (QED) is 0.145. The largest absolute Gasteiger partial charge is 0.472 e. The Labute approximate surface area is 249 Å². The molecule has 23 heteroatoms. The van der Waals surface area contributed by atoms with Crippen LogP contribution in [0.5, 0.6) is 0 Å². The number of aromatic amines is 1. The SMILES string of the molecule is Nc1ncnc2c1ncn2[C@@H]1O[C@@H]2COP(=O)(O)O[C@@H]3C[C@@H](COP(=O)(S)O[C@H]2[C@H]1O)O[C@H]3n1cc(F)c2c(=O)[nH]cnc21. The predicted molar refractivity (Wildman–Crippen MR) is 147 cm³/mol. The fourth-order valence-electron chi connectivity index (χ4n) is 5.41. The van der Waals surface area contributed by atoms with Crippen LogP contribution in [0.3, 0.4) is 0 Å². The Hall–Kier alpha value is -2.81.